The summed E-state index contributed by atoms with van der Waals surface area (Å²) in [5, 5.41) is 1.21. The third kappa shape index (κ3) is 4.26. The molecule has 2 aliphatic heterocycles. The van der Waals surface area contributed by atoms with E-state index in [1.165, 1.54) is 36.9 Å². The molecule has 2 aliphatic rings. The number of H-pyrrole nitrogens is 1. The summed E-state index contributed by atoms with van der Waals surface area (Å²) in [4.78, 5) is 21.6. The van der Waals surface area contributed by atoms with E-state index >= 15 is 0 Å². The normalized spacial score (nSPS) is 19.2. The minimum Gasteiger partial charge on any atom is -0.497 e. The van der Waals surface area contributed by atoms with Gasteiger partial charge < -0.3 is 19.5 Å². The van der Waals surface area contributed by atoms with Crippen LogP contribution in [0.5, 0.6) is 5.75 Å². The van der Waals surface area contributed by atoms with Gasteiger partial charge in [0.2, 0.25) is 5.91 Å². The average molecular weight is 432 g/mol. The first kappa shape index (κ1) is 21.1. The summed E-state index contributed by atoms with van der Waals surface area (Å²) in [6.07, 6.45) is 6.18. The Balaban J connectivity index is 1.34. The fraction of sp³-hybridized carbons (Fsp3) is 0.444. The second kappa shape index (κ2) is 9.37. The topological polar surface area (TPSA) is 48.6 Å². The van der Waals surface area contributed by atoms with Gasteiger partial charge >= 0.3 is 0 Å². The Bertz CT molecular complexity index is 1070. The largest absolute Gasteiger partial charge is 0.497 e. The van der Waals surface area contributed by atoms with Gasteiger partial charge in [0.25, 0.3) is 0 Å². The molecule has 1 unspecified atom stereocenters. The van der Waals surface area contributed by atoms with Gasteiger partial charge in [0, 0.05) is 42.1 Å². The van der Waals surface area contributed by atoms with Crippen LogP contribution >= 0.6 is 0 Å². The number of aromatic nitrogens is 1. The molecule has 32 heavy (non-hydrogen) atoms. The minimum atomic E-state index is 0.303. The highest BCUT2D eigenvalue weighted by Crippen LogP contribution is 2.33. The van der Waals surface area contributed by atoms with Gasteiger partial charge in [0.05, 0.1) is 7.11 Å². The van der Waals surface area contributed by atoms with Crippen molar-refractivity contribution in [1.82, 2.24) is 14.8 Å². The Labute approximate surface area is 190 Å². The van der Waals surface area contributed by atoms with Crippen molar-refractivity contribution in [3.05, 3.63) is 54.1 Å². The van der Waals surface area contributed by atoms with Gasteiger partial charge in [-0.15, -0.1) is 0 Å². The molecule has 1 amide bonds. The predicted octanol–water partition coefficient (Wildman–Crippen LogP) is 4.86. The van der Waals surface area contributed by atoms with Crippen LogP contribution in [0.3, 0.4) is 0 Å². The Kier molecular flexibility index (Phi) is 6.17. The molecule has 2 saturated heterocycles. The van der Waals surface area contributed by atoms with Crippen molar-refractivity contribution in [2.24, 2.45) is 0 Å². The van der Waals surface area contributed by atoms with Crippen LogP contribution in [0, 0.1) is 0 Å². The summed E-state index contributed by atoms with van der Waals surface area (Å²) in [6, 6.07) is 16.9. The lowest BCUT2D eigenvalue weighted by Gasteiger charge is -2.28. The molecule has 168 valence electrons. The lowest BCUT2D eigenvalue weighted by Crippen LogP contribution is -2.42. The van der Waals surface area contributed by atoms with Gasteiger partial charge in [-0.05, 0) is 86.7 Å². The second-order valence-corrected chi connectivity index (χ2v) is 9.14. The van der Waals surface area contributed by atoms with Crippen molar-refractivity contribution in [2.45, 2.75) is 44.6 Å². The van der Waals surface area contributed by atoms with Gasteiger partial charge in [-0.1, -0.05) is 18.2 Å². The van der Waals surface area contributed by atoms with Crippen LogP contribution in [-0.4, -0.2) is 60.0 Å². The number of carbonyl (C=O) groups excluding carboxylic acids is 1. The first-order valence-corrected chi connectivity index (χ1v) is 12.0. The number of nitrogens with zero attached hydrogens (tertiary/aromatic N) is 2. The van der Waals surface area contributed by atoms with E-state index in [1.54, 1.807) is 7.11 Å². The molecule has 0 saturated carbocycles. The van der Waals surface area contributed by atoms with Crippen molar-refractivity contribution in [3.63, 3.8) is 0 Å². The molecule has 5 heteroatoms. The number of aryl methyl sites for hydroxylation is 1. The first-order valence-electron chi connectivity index (χ1n) is 12.0. The number of hydrogen-bond acceptors (Lipinski definition) is 3. The van der Waals surface area contributed by atoms with E-state index in [2.05, 4.69) is 51.2 Å². The number of ether oxygens (including phenoxy) is 1. The summed E-state index contributed by atoms with van der Waals surface area (Å²) in [5.41, 5.74) is 4.58. The highest BCUT2D eigenvalue weighted by Gasteiger charge is 2.30. The van der Waals surface area contributed by atoms with E-state index in [9.17, 15) is 4.79 Å². The Morgan fingerprint density at radius 3 is 2.59 bits per heavy atom. The summed E-state index contributed by atoms with van der Waals surface area (Å²) < 4.78 is 5.32. The van der Waals surface area contributed by atoms with E-state index < -0.39 is 0 Å². The first-order chi connectivity index (χ1) is 15.7. The summed E-state index contributed by atoms with van der Waals surface area (Å²) in [6.45, 7) is 4.35. The van der Waals surface area contributed by atoms with Crippen LogP contribution in [0.2, 0.25) is 0 Å². The Hall–Kier alpha value is -2.79. The van der Waals surface area contributed by atoms with E-state index in [-0.39, 0.29) is 0 Å². The average Bonchev–Trinajstić information content (AvgIpc) is 3.58. The van der Waals surface area contributed by atoms with Crippen LogP contribution in [-0.2, 0) is 11.2 Å². The number of para-hydroxylation sites is 1. The van der Waals surface area contributed by atoms with Crippen LogP contribution in [0.4, 0.5) is 0 Å². The van der Waals surface area contributed by atoms with E-state index in [1.807, 2.05) is 12.1 Å². The zero-order valence-corrected chi connectivity index (χ0v) is 19.0. The number of amides is 1. The van der Waals surface area contributed by atoms with Crippen LogP contribution in [0.15, 0.2) is 48.5 Å². The molecule has 2 aromatic carbocycles. The Morgan fingerprint density at radius 1 is 1.03 bits per heavy atom. The third-order valence-corrected chi connectivity index (χ3v) is 7.15. The maximum atomic E-state index is 13.3. The smallest absolute Gasteiger partial charge is 0.223 e. The van der Waals surface area contributed by atoms with Crippen molar-refractivity contribution in [2.75, 3.05) is 33.3 Å². The zero-order chi connectivity index (χ0) is 21.9. The lowest BCUT2D eigenvalue weighted by molar-refractivity contribution is -0.132. The number of fused-ring (bicyclic) bond motifs is 1. The molecule has 2 fully saturated rings. The minimum absolute atomic E-state index is 0.303. The third-order valence-electron chi connectivity index (χ3n) is 7.15. The number of hydrogen-bond donors (Lipinski definition) is 1. The number of methoxy groups -OCH3 is 1. The van der Waals surface area contributed by atoms with Gasteiger partial charge in [-0.3, -0.25) is 4.79 Å². The van der Waals surface area contributed by atoms with E-state index in [0.717, 1.165) is 54.9 Å². The van der Waals surface area contributed by atoms with Crippen molar-refractivity contribution in [1.29, 1.82) is 0 Å². The standard InChI is InChI=1S/C27H33N3O2/c1-32-22-12-10-20(11-13-22)27-24(23-8-2-3-9-25(23)28-27)14-15-26(31)30-18-6-7-21(30)19-29-16-4-5-17-29/h2-3,8-13,21,28H,4-7,14-19H2,1H3. The molecule has 3 heterocycles. The molecule has 1 aromatic heterocycles. The Morgan fingerprint density at radius 2 is 1.81 bits per heavy atom. The summed E-state index contributed by atoms with van der Waals surface area (Å²) in [7, 11) is 1.68. The predicted molar refractivity (Wildman–Crippen MR) is 129 cm³/mol. The second-order valence-electron chi connectivity index (χ2n) is 9.14. The molecule has 0 bridgehead atoms. The molecular formula is C27H33N3O2. The fourth-order valence-corrected chi connectivity index (χ4v) is 5.46. The number of benzene rings is 2. The summed E-state index contributed by atoms with van der Waals surface area (Å²) >= 11 is 0. The van der Waals surface area contributed by atoms with Gasteiger partial charge in [-0.25, -0.2) is 0 Å². The highest BCUT2D eigenvalue weighted by molar-refractivity contribution is 5.91. The zero-order valence-electron chi connectivity index (χ0n) is 19.0. The van der Waals surface area contributed by atoms with Gasteiger partial charge in [0.1, 0.15) is 5.75 Å². The molecular weight excluding hydrogens is 398 g/mol. The van der Waals surface area contributed by atoms with Crippen LogP contribution < -0.4 is 4.74 Å². The van der Waals surface area contributed by atoms with Crippen LogP contribution in [0.25, 0.3) is 22.2 Å². The van der Waals surface area contributed by atoms with E-state index in [0.29, 0.717) is 18.4 Å². The molecule has 5 rings (SSSR count). The van der Waals surface area contributed by atoms with Gasteiger partial charge in [0.15, 0.2) is 0 Å². The van der Waals surface area contributed by atoms with Crippen LogP contribution in [0.1, 0.15) is 37.7 Å². The molecule has 5 nitrogen and oxygen atoms in total. The maximum absolute atomic E-state index is 13.3. The monoisotopic (exact) mass is 431 g/mol. The maximum Gasteiger partial charge on any atom is 0.223 e. The van der Waals surface area contributed by atoms with Gasteiger partial charge in [-0.2, -0.15) is 0 Å². The lowest BCUT2D eigenvalue weighted by atomic mass is 10.0. The van der Waals surface area contributed by atoms with Crippen molar-refractivity contribution in [3.8, 4) is 17.0 Å². The molecule has 1 atom stereocenters. The number of likely N-dealkylation sites (tertiary alicyclic amines) is 2. The SMILES string of the molecule is COc1ccc(-c2[nH]c3ccccc3c2CCC(=O)N2CCCC2CN2CCCC2)cc1. The van der Waals surface area contributed by atoms with Crippen molar-refractivity contribution < 1.29 is 9.53 Å². The highest BCUT2D eigenvalue weighted by atomic mass is 16.5. The molecule has 0 aliphatic carbocycles. The number of carbonyl (C=O) groups is 1. The molecule has 0 spiro atoms. The summed E-state index contributed by atoms with van der Waals surface area (Å²) in [5.74, 6) is 1.15. The number of aromatic amines is 1. The number of rotatable bonds is 7. The molecule has 3 aromatic rings. The fourth-order valence-electron chi connectivity index (χ4n) is 5.46. The van der Waals surface area contributed by atoms with E-state index in [4.69, 9.17) is 4.74 Å². The van der Waals surface area contributed by atoms with Crippen molar-refractivity contribution >= 4 is 16.8 Å². The molecule has 1 N–H and O–H groups in total. The molecule has 0 radical (unpaired) electrons. The quantitative estimate of drug-likeness (QED) is 0.581. The number of nitrogens with one attached hydrogen (secondary N) is 1.